The molecule has 1 aromatic rings. The summed E-state index contributed by atoms with van der Waals surface area (Å²) in [5.74, 6) is 1.77. The van der Waals surface area contributed by atoms with Crippen LogP contribution in [0.1, 0.15) is 32.8 Å². The molecule has 0 amide bonds. The molecule has 0 radical (unpaired) electrons. The maximum Gasteiger partial charge on any atom is 0.191 e. The van der Waals surface area contributed by atoms with Gasteiger partial charge in [0.05, 0.1) is 13.2 Å². The molecule has 1 aromatic carbocycles. The van der Waals surface area contributed by atoms with E-state index in [0.717, 1.165) is 43.4 Å². The van der Waals surface area contributed by atoms with Crippen LogP contribution in [0.15, 0.2) is 29.3 Å². The van der Waals surface area contributed by atoms with Gasteiger partial charge in [0.2, 0.25) is 0 Å². The quantitative estimate of drug-likeness (QED) is 0.427. The second-order valence-corrected chi connectivity index (χ2v) is 4.22. The Hall–Kier alpha value is -0.980. The van der Waals surface area contributed by atoms with Gasteiger partial charge in [-0.2, -0.15) is 0 Å². The van der Waals surface area contributed by atoms with Crippen molar-refractivity contribution in [3.8, 4) is 5.75 Å². The van der Waals surface area contributed by atoms with E-state index < -0.39 is 0 Å². The summed E-state index contributed by atoms with van der Waals surface area (Å²) in [5.41, 5.74) is 1.15. The summed E-state index contributed by atoms with van der Waals surface area (Å²) in [7, 11) is 0. The van der Waals surface area contributed by atoms with E-state index >= 15 is 0 Å². The monoisotopic (exact) mass is 391 g/mol. The molecule has 2 N–H and O–H groups in total. The van der Waals surface area contributed by atoms with Gasteiger partial charge in [-0.3, -0.25) is 0 Å². The Balaban J connectivity index is 0.00000361. The van der Waals surface area contributed by atoms with Crippen molar-refractivity contribution in [1.82, 2.24) is 10.6 Å². The Kier molecular flexibility index (Phi) is 11.2. The highest BCUT2D eigenvalue weighted by atomic mass is 127. The van der Waals surface area contributed by atoms with E-state index in [1.807, 2.05) is 12.1 Å². The molecule has 0 saturated carbocycles. The number of ether oxygens (including phenoxy) is 1. The number of hydrogen-bond acceptors (Lipinski definition) is 2. The van der Waals surface area contributed by atoms with Crippen LogP contribution in [0.2, 0.25) is 0 Å². The van der Waals surface area contributed by atoms with Gasteiger partial charge in [0.15, 0.2) is 5.96 Å². The first kappa shape index (κ1) is 19.0. The van der Waals surface area contributed by atoms with Crippen LogP contribution in [-0.4, -0.2) is 25.7 Å². The zero-order chi connectivity index (χ0) is 13.9. The minimum absolute atomic E-state index is 0. The molecule has 0 saturated heterocycles. The largest absolute Gasteiger partial charge is 0.494 e. The van der Waals surface area contributed by atoms with Gasteiger partial charge in [0, 0.05) is 13.1 Å². The lowest BCUT2D eigenvalue weighted by atomic mass is 10.2. The van der Waals surface area contributed by atoms with Gasteiger partial charge in [-0.25, -0.2) is 4.99 Å². The summed E-state index contributed by atoms with van der Waals surface area (Å²) in [5, 5.41) is 6.42. The minimum Gasteiger partial charge on any atom is -0.494 e. The van der Waals surface area contributed by atoms with Gasteiger partial charge >= 0.3 is 0 Å². The molecule has 0 bridgehead atoms. The summed E-state index contributed by atoms with van der Waals surface area (Å²) in [4.78, 5) is 4.53. The molecule has 0 spiro atoms. The highest BCUT2D eigenvalue weighted by molar-refractivity contribution is 14.0. The van der Waals surface area contributed by atoms with Crippen LogP contribution >= 0.6 is 24.0 Å². The molecule has 20 heavy (non-hydrogen) atoms. The van der Waals surface area contributed by atoms with E-state index in [2.05, 4.69) is 48.5 Å². The highest BCUT2D eigenvalue weighted by Crippen LogP contribution is 2.14. The first-order valence-electron chi connectivity index (χ1n) is 7.04. The average molecular weight is 391 g/mol. The maximum absolute atomic E-state index is 5.62. The first-order chi connectivity index (χ1) is 9.30. The molecule has 0 aromatic heterocycles. The van der Waals surface area contributed by atoms with E-state index in [4.69, 9.17) is 4.74 Å². The lowest BCUT2D eigenvalue weighted by molar-refractivity contribution is 0.317. The highest BCUT2D eigenvalue weighted by Gasteiger charge is 1.98. The summed E-state index contributed by atoms with van der Waals surface area (Å²) in [6.45, 7) is 9.37. The molecular formula is C15H26IN3O. The van der Waals surface area contributed by atoms with Crippen LogP contribution in [-0.2, 0) is 6.54 Å². The number of nitrogens with zero attached hydrogens (tertiary/aromatic N) is 1. The van der Waals surface area contributed by atoms with Gasteiger partial charge in [-0.15, -0.1) is 24.0 Å². The van der Waals surface area contributed by atoms with E-state index in [0.29, 0.717) is 6.54 Å². The number of aliphatic imine (C=N–C) groups is 1. The molecule has 0 aliphatic carbocycles. The van der Waals surface area contributed by atoms with E-state index in [9.17, 15) is 0 Å². The van der Waals surface area contributed by atoms with Crippen LogP contribution in [0.25, 0.3) is 0 Å². The van der Waals surface area contributed by atoms with Crippen molar-refractivity contribution >= 4 is 29.9 Å². The first-order valence-corrected chi connectivity index (χ1v) is 7.04. The molecule has 4 nitrogen and oxygen atoms in total. The fourth-order valence-corrected chi connectivity index (χ4v) is 1.63. The summed E-state index contributed by atoms with van der Waals surface area (Å²) >= 11 is 0. The van der Waals surface area contributed by atoms with Gasteiger partial charge in [-0.1, -0.05) is 19.1 Å². The molecular weight excluding hydrogens is 365 g/mol. The van der Waals surface area contributed by atoms with Crippen LogP contribution in [0.4, 0.5) is 0 Å². The second kappa shape index (κ2) is 11.8. The zero-order valence-corrected chi connectivity index (χ0v) is 14.9. The average Bonchev–Trinajstić information content (AvgIpc) is 2.43. The number of benzene rings is 1. The number of guanidine groups is 1. The predicted molar refractivity (Wildman–Crippen MR) is 96.1 cm³/mol. The van der Waals surface area contributed by atoms with Crippen LogP contribution in [0, 0.1) is 0 Å². The number of rotatable bonds is 7. The molecule has 114 valence electrons. The molecule has 5 heteroatoms. The molecule has 0 aliphatic rings. The SMILES string of the molecule is CCCOc1cccc(CN=C(NCC)NCC)c1.I. The van der Waals surface area contributed by atoms with Gasteiger partial charge < -0.3 is 15.4 Å². The fourth-order valence-electron chi connectivity index (χ4n) is 1.63. The Morgan fingerprint density at radius 1 is 1.15 bits per heavy atom. The smallest absolute Gasteiger partial charge is 0.191 e. The molecule has 0 heterocycles. The third kappa shape index (κ3) is 7.57. The molecule has 1 rings (SSSR count). The Morgan fingerprint density at radius 3 is 2.45 bits per heavy atom. The summed E-state index contributed by atoms with van der Waals surface area (Å²) in [6, 6.07) is 8.11. The normalized spacial score (nSPS) is 9.35. The third-order valence-corrected chi connectivity index (χ3v) is 2.48. The molecule has 0 atom stereocenters. The van der Waals surface area contributed by atoms with Gasteiger partial charge in [-0.05, 0) is 38.0 Å². The van der Waals surface area contributed by atoms with Gasteiger partial charge in [0.1, 0.15) is 5.75 Å². The molecule has 0 fully saturated rings. The number of halogens is 1. The lowest BCUT2D eigenvalue weighted by Crippen LogP contribution is -2.36. The van der Waals surface area contributed by atoms with Crippen LogP contribution in [0.5, 0.6) is 5.75 Å². The second-order valence-electron chi connectivity index (χ2n) is 4.22. The Morgan fingerprint density at radius 2 is 1.85 bits per heavy atom. The van der Waals surface area contributed by atoms with Crippen LogP contribution < -0.4 is 15.4 Å². The minimum atomic E-state index is 0. The molecule has 0 unspecified atom stereocenters. The maximum atomic E-state index is 5.62. The number of hydrogen-bond donors (Lipinski definition) is 2. The van der Waals surface area contributed by atoms with Crippen molar-refractivity contribution in [3.05, 3.63) is 29.8 Å². The summed E-state index contributed by atoms with van der Waals surface area (Å²) in [6.07, 6.45) is 1.02. The topological polar surface area (TPSA) is 45.6 Å². The van der Waals surface area contributed by atoms with Crippen molar-refractivity contribution in [3.63, 3.8) is 0 Å². The van der Waals surface area contributed by atoms with Crippen molar-refractivity contribution in [2.24, 2.45) is 4.99 Å². The zero-order valence-electron chi connectivity index (χ0n) is 12.6. The number of nitrogens with one attached hydrogen (secondary N) is 2. The van der Waals surface area contributed by atoms with E-state index in [1.165, 1.54) is 0 Å². The van der Waals surface area contributed by atoms with Crippen molar-refractivity contribution in [2.75, 3.05) is 19.7 Å². The van der Waals surface area contributed by atoms with Crippen molar-refractivity contribution in [1.29, 1.82) is 0 Å². The van der Waals surface area contributed by atoms with E-state index in [-0.39, 0.29) is 24.0 Å². The summed E-state index contributed by atoms with van der Waals surface area (Å²) < 4.78 is 5.62. The predicted octanol–water partition coefficient (Wildman–Crippen LogP) is 3.17. The standard InChI is InChI=1S/C15H25N3O.HI/c1-4-10-19-14-9-7-8-13(11-14)12-18-15(16-5-2)17-6-3;/h7-9,11H,4-6,10,12H2,1-3H3,(H2,16,17,18);1H. The Labute approximate surface area is 139 Å². The fraction of sp³-hybridized carbons (Fsp3) is 0.533. The third-order valence-electron chi connectivity index (χ3n) is 2.48. The lowest BCUT2D eigenvalue weighted by Gasteiger charge is -2.09. The molecule has 0 aliphatic heterocycles. The van der Waals surface area contributed by atoms with Gasteiger partial charge in [0.25, 0.3) is 0 Å². The van der Waals surface area contributed by atoms with Crippen molar-refractivity contribution < 1.29 is 4.74 Å². The van der Waals surface area contributed by atoms with Crippen LogP contribution in [0.3, 0.4) is 0 Å². The Bertz CT molecular complexity index is 388. The van der Waals surface area contributed by atoms with E-state index in [1.54, 1.807) is 0 Å². The van der Waals surface area contributed by atoms with Crippen molar-refractivity contribution in [2.45, 2.75) is 33.7 Å².